The van der Waals surface area contributed by atoms with Crippen molar-refractivity contribution in [3.8, 4) is 17.1 Å². The number of fused-ring (bicyclic) bond motifs is 9. The van der Waals surface area contributed by atoms with Crippen LogP contribution in [0.3, 0.4) is 0 Å². The molecule has 0 atom stereocenters. The number of hydrogen-bond donors (Lipinski definition) is 0. The zero-order chi connectivity index (χ0) is 33.8. The third-order valence-corrected chi connectivity index (χ3v) is 11.3. The first kappa shape index (κ1) is 29.8. The first-order valence-corrected chi connectivity index (χ1v) is 18.5. The van der Waals surface area contributed by atoms with Crippen molar-refractivity contribution < 1.29 is 0 Å². The molecule has 0 fully saturated rings. The van der Waals surface area contributed by atoms with Crippen LogP contribution >= 0.6 is 31.9 Å². The summed E-state index contributed by atoms with van der Waals surface area (Å²) in [5.74, 6) is 0. The van der Waals surface area contributed by atoms with E-state index in [0.717, 1.165) is 26.0 Å². The Balaban J connectivity index is 1.29. The van der Waals surface area contributed by atoms with Crippen molar-refractivity contribution >= 4 is 97.3 Å². The molecule has 5 heteroatoms. The molecule has 0 saturated carbocycles. The van der Waals surface area contributed by atoms with Gasteiger partial charge in [-0.2, -0.15) is 0 Å². The van der Waals surface area contributed by atoms with E-state index < -0.39 is 0 Å². The minimum atomic E-state index is 1.09. The lowest BCUT2D eigenvalue weighted by atomic mass is 10.1. The van der Waals surface area contributed by atoms with Gasteiger partial charge in [0.25, 0.3) is 0 Å². The summed E-state index contributed by atoms with van der Waals surface area (Å²) >= 11 is 7.47. The third kappa shape index (κ3) is 4.40. The van der Waals surface area contributed by atoms with Crippen molar-refractivity contribution in [2.24, 2.45) is 0 Å². The van der Waals surface area contributed by atoms with Gasteiger partial charge in [0.05, 0.1) is 33.1 Å². The molecule has 3 nitrogen and oxygen atoms in total. The fourth-order valence-corrected chi connectivity index (χ4v) is 8.75. The van der Waals surface area contributed by atoms with Crippen LogP contribution in [0.4, 0.5) is 0 Å². The van der Waals surface area contributed by atoms with Gasteiger partial charge in [-0.3, -0.25) is 0 Å². The average Bonchev–Trinajstić information content (AvgIpc) is 3.72. The van der Waals surface area contributed by atoms with Gasteiger partial charge in [0.1, 0.15) is 0 Å². The summed E-state index contributed by atoms with van der Waals surface area (Å²) in [4.78, 5) is 0. The molecule has 3 aromatic heterocycles. The average molecular weight is 774 g/mol. The van der Waals surface area contributed by atoms with Gasteiger partial charge in [-0.15, -0.1) is 0 Å². The lowest BCUT2D eigenvalue weighted by molar-refractivity contribution is 1.16. The number of nitrogens with zero attached hydrogens (tertiary/aromatic N) is 3. The quantitative estimate of drug-likeness (QED) is 0.170. The molecule has 0 aliphatic carbocycles. The maximum absolute atomic E-state index is 3.73. The Hall–Kier alpha value is -5.10. The molecule has 0 spiro atoms. The minimum Gasteiger partial charge on any atom is -0.309 e. The van der Waals surface area contributed by atoms with Crippen LogP contribution < -0.4 is 0 Å². The highest BCUT2D eigenvalue weighted by molar-refractivity contribution is 9.10. The predicted octanol–water partition coefficient (Wildman–Crippen LogP) is 13.4. The molecule has 240 valence electrons. The van der Waals surface area contributed by atoms with E-state index in [1.165, 1.54) is 82.1 Å². The van der Waals surface area contributed by atoms with Gasteiger partial charge in [0.2, 0.25) is 0 Å². The van der Waals surface area contributed by atoms with Gasteiger partial charge >= 0.3 is 0 Å². The number of halogens is 2. The van der Waals surface area contributed by atoms with Crippen molar-refractivity contribution in [3.63, 3.8) is 0 Å². The van der Waals surface area contributed by atoms with Gasteiger partial charge in [0.15, 0.2) is 0 Å². The molecular weight excluding hydrogens is 742 g/mol. The van der Waals surface area contributed by atoms with E-state index in [4.69, 9.17) is 0 Å². The number of aromatic nitrogens is 3. The van der Waals surface area contributed by atoms with Gasteiger partial charge in [-0.25, -0.2) is 0 Å². The maximum atomic E-state index is 3.73. The summed E-state index contributed by atoms with van der Waals surface area (Å²) in [7, 11) is 0. The first-order valence-electron chi connectivity index (χ1n) is 16.9. The highest BCUT2D eigenvalue weighted by atomic mass is 79.9. The molecule has 0 aliphatic heterocycles. The molecule has 0 bridgehead atoms. The van der Waals surface area contributed by atoms with E-state index in [1.54, 1.807) is 0 Å². The Morgan fingerprint density at radius 1 is 0.300 bits per heavy atom. The van der Waals surface area contributed by atoms with Gasteiger partial charge in [-0.1, -0.05) is 72.8 Å². The topological polar surface area (TPSA) is 14.8 Å². The Morgan fingerprint density at radius 3 is 1.04 bits per heavy atom. The van der Waals surface area contributed by atoms with Gasteiger partial charge in [-0.05, 0) is 130 Å². The number of hydrogen-bond acceptors (Lipinski definition) is 0. The van der Waals surface area contributed by atoms with Gasteiger partial charge < -0.3 is 13.7 Å². The number of aryl methyl sites for hydroxylation is 3. The second-order valence-corrected chi connectivity index (χ2v) is 15.4. The maximum Gasteiger partial charge on any atom is 0.0542 e. The van der Waals surface area contributed by atoms with Crippen LogP contribution in [0, 0.1) is 20.8 Å². The van der Waals surface area contributed by atoms with E-state index in [1.807, 2.05) is 0 Å². The highest BCUT2D eigenvalue weighted by Crippen LogP contribution is 2.40. The molecule has 7 aromatic carbocycles. The number of rotatable bonds is 3. The summed E-state index contributed by atoms with van der Waals surface area (Å²) < 4.78 is 9.42. The molecule has 0 N–H and O–H groups in total. The van der Waals surface area contributed by atoms with Crippen molar-refractivity contribution in [3.05, 3.63) is 159 Å². The van der Waals surface area contributed by atoms with Crippen LogP contribution in [0.2, 0.25) is 0 Å². The minimum absolute atomic E-state index is 1.09. The Labute approximate surface area is 306 Å². The van der Waals surface area contributed by atoms with Crippen LogP contribution in [0.25, 0.3) is 82.5 Å². The molecule has 0 saturated heterocycles. The van der Waals surface area contributed by atoms with Crippen LogP contribution in [0.5, 0.6) is 0 Å². The number of benzene rings is 7. The fourth-order valence-electron chi connectivity index (χ4n) is 8.02. The Kier molecular flexibility index (Phi) is 6.52. The molecule has 10 rings (SSSR count). The molecule has 10 aromatic rings. The fraction of sp³-hybridized carbons (Fsp3) is 0.0667. The first-order chi connectivity index (χ1) is 24.3. The van der Waals surface area contributed by atoms with Crippen LogP contribution in [-0.4, -0.2) is 13.7 Å². The summed E-state index contributed by atoms with van der Waals surface area (Å²) in [5.41, 5.74) is 14.4. The molecule has 3 heterocycles. The van der Waals surface area contributed by atoms with E-state index in [-0.39, 0.29) is 0 Å². The molecular formula is C45H31Br2N3. The molecule has 0 radical (unpaired) electrons. The molecule has 0 unspecified atom stereocenters. The summed E-state index contributed by atoms with van der Waals surface area (Å²) in [6.07, 6.45) is 0. The molecule has 0 amide bonds. The second-order valence-electron chi connectivity index (χ2n) is 13.6. The van der Waals surface area contributed by atoms with Crippen molar-refractivity contribution in [1.82, 2.24) is 13.7 Å². The lowest BCUT2D eigenvalue weighted by Crippen LogP contribution is -1.96. The van der Waals surface area contributed by atoms with Crippen molar-refractivity contribution in [1.29, 1.82) is 0 Å². The highest BCUT2D eigenvalue weighted by Gasteiger charge is 2.19. The Morgan fingerprint density at radius 2 is 0.600 bits per heavy atom. The van der Waals surface area contributed by atoms with E-state index in [0.29, 0.717) is 0 Å². The smallest absolute Gasteiger partial charge is 0.0542 e. The third-order valence-electron chi connectivity index (χ3n) is 10.3. The van der Waals surface area contributed by atoms with E-state index in [2.05, 4.69) is 200 Å². The Bertz CT molecular complexity index is 2730. The van der Waals surface area contributed by atoms with Crippen molar-refractivity contribution in [2.45, 2.75) is 20.8 Å². The normalized spacial score (nSPS) is 12.1. The predicted molar refractivity (Wildman–Crippen MR) is 219 cm³/mol. The lowest BCUT2D eigenvalue weighted by Gasteiger charge is -2.11. The van der Waals surface area contributed by atoms with Crippen LogP contribution in [0.15, 0.2) is 142 Å². The monoisotopic (exact) mass is 771 g/mol. The SMILES string of the molecule is Cc1ccc(-n2c3ccc(-n4c5ccc(C)cc5c5cc(Br)ccc54)cc3c3cc(-n4c5ccc(C)cc5c5cc(Br)ccc54)ccc32)cc1. The standard InChI is InChI=1S/C45H31Br2N3/c1-26-4-10-31(11-5-26)48-44-18-12-32(49-40-14-6-27(2)20-34(40)36-22-29(46)8-16-42(36)49)24-38(44)39-25-33(13-19-45(39)48)50-41-15-7-28(3)21-35(41)37-23-30(47)9-17-43(37)50/h4-25H,1-3H3. The van der Waals surface area contributed by atoms with Gasteiger partial charge in [0, 0.05) is 58.3 Å². The summed E-state index contributed by atoms with van der Waals surface area (Å²) in [6.45, 7) is 6.48. The zero-order valence-corrected chi connectivity index (χ0v) is 31.0. The van der Waals surface area contributed by atoms with Crippen LogP contribution in [0.1, 0.15) is 16.7 Å². The summed E-state index contributed by atoms with van der Waals surface area (Å²) in [6, 6.07) is 49.6. The summed E-state index contributed by atoms with van der Waals surface area (Å²) in [5, 5.41) is 7.46. The van der Waals surface area contributed by atoms with Crippen molar-refractivity contribution in [2.75, 3.05) is 0 Å². The largest absolute Gasteiger partial charge is 0.309 e. The van der Waals surface area contributed by atoms with E-state index in [9.17, 15) is 0 Å². The van der Waals surface area contributed by atoms with E-state index >= 15 is 0 Å². The zero-order valence-electron chi connectivity index (χ0n) is 27.8. The molecule has 0 aliphatic rings. The molecule has 50 heavy (non-hydrogen) atoms. The van der Waals surface area contributed by atoms with Crippen LogP contribution in [-0.2, 0) is 0 Å². The second kappa shape index (κ2) is 10.9.